The first-order chi connectivity index (χ1) is 19.6. The van der Waals surface area contributed by atoms with Gasteiger partial charge in [0.1, 0.15) is 5.82 Å². The maximum absolute atomic E-state index is 11.2. The van der Waals surface area contributed by atoms with Crippen LogP contribution in [-0.4, -0.2) is 36.4 Å². The number of nitriles is 1. The Morgan fingerprint density at radius 3 is 2.66 bits per heavy atom. The summed E-state index contributed by atoms with van der Waals surface area (Å²) in [6.07, 6.45) is 10.0. The molecule has 0 atom stereocenters. The van der Waals surface area contributed by atoms with E-state index in [4.69, 9.17) is 6.57 Å². The van der Waals surface area contributed by atoms with Crippen molar-refractivity contribution in [1.29, 1.82) is 5.26 Å². The molecule has 0 N–H and O–H groups in total. The van der Waals surface area contributed by atoms with Gasteiger partial charge in [-0.1, -0.05) is 29.9 Å². The minimum atomic E-state index is -4.33. The summed E-state index contributed by atoms with van der Waals surface area (Å²) >= 11 is 0. The number of aromatic nitrogens is 2. The zero-order valence-corrected chi connectivity index (χ0v) is 24.2. The largest absolute Gasteiger partial charge is 0.748 e. The van der Waals surface area contributed by atoms with Gasteiger partial charge in [-0.3, -0.25) is 0 Å². The van der Waals surface area contributed by atoms with Crippen LogP contribution >= 0.6 is 0 Å². The second-order valence-electron chi connectivity index (χ2n) is 9.70. The predicted octanol–water partition coefficient (Wildman–Crippen LogP) is 5.16. The maximum Gasteiger partial charge on any atom is 0.282 e. The molecule has 0 saturated carbocycles. The summed E-state index contributed by atoms with van der Waals surface area (Å²) in [5, 5.41) is 9.41. The van der Waals surface area contributed by atoms with Crippen LogP contribution in [0, 0.1) is 17.9 Å². The number of hydrogen-bond acceptors (Lipinski definition) is 6. The molecule has 41 heavy (non-hydrogen) atoms. The Kier molecular flexibility index (Phi) is 8.77. The van der Waals surface area contributed by atoms with Gasteiger partial charge in [-0.05, 0) is 56.7 Å². The molecule has 9 nitrogen and oxygen atoms in total. The summed E-state index contributed by atoms with van der Waals surface area (Å²) in [7, 11) is -2.41. The van der Waals surface area contributed by atoms with Gasteiger partial charge in [-0.15, -0.1) is 6.58 Å². The highest BCUT2D eigenvalue weighted by molar-refractivity contribution is 7.85. The Bertz CT molecular complexity index is 1780. The monoisotopic (exact) mass is 568 g/mol. The van der Waals surface area contributed by atoms with Gasteiger partial charge in [0.2, 0.25) is 0 Å². The van der Waals surface area contributed by atoms with Gasteiger partial charge in [-0.25, -0.2) is 22.4 Å². The topological polar surface area (TPSA) is 101 Å². The average molecular weight is 569 g/mol. The van der Waals surface area contributed by atoms with Crippen molar-refractivity contribution in [3.05, 3.63) is 101 Å². The molecule has 0 bridgehead atoms. The average Bonchev–Trinajstić information content (AvgIpc) is 3.39. The van der Waals surface area contributed by atoms with E-state index in [0.717, 1.165) is 46.2 Å². The lowest BCUT2D eigenvalue weighted by atomic mass is 10.2. The van der Waals surface area contributed by atoms with Gasteiger partial charge >= 0.3 is 0 Å². The van der Waals surface area contributed by atoms with Gasteiger partial charge in [0, 0.05) is 24.9 Å². The molecule has 0 aliphatic carbocycles. The van der Waals surface area contributed by atoms with Crippen LogP contribution in [0.4, 0.5) is 17.1 Å². The lowest BCUT2D eigenvalue weighted by Gasteiger charge is -2.23. The molecule has 0 radical (unpaired) electrons. The van der Waals surface area contributed by atoms with Crippen LogP contribution in [-0.2, 0) is 23.7 Å². The molecule has 0 fully saturated rings. The van der Waals surface area contributed by atoms with Crippen molar-refractivity contribution in [2.24, 2.45) is 7.05 Å². The molecule has 0 spiro atoms. The summed E-state index contributed by atoms with van der Waals surface area (Å²) in [4.78, 5) is 7.87. The molecular weight excluding hydrogens is 536 g/mol. The minimum Gasteiger partial charge on any atom is -0.748 e. The van der Waals surface area contributed by atoms with Crippen molar-refractivity contribution in [2.45, 2.75) is 26.8 Å². The summed E-state index contributed by atoms with van der Waals surface area (Å²) in [6.45, 7) is 17.0. The number of benzene rings is 2. The van der Waals surface area contributed by atoms with E-state index in [2.05, 4.69) is 40.3 Å². The third-order valence-electron chi connectivity index (χ3n) is 6.99. The lowest BCUT2D eigenvalue weighted by molar-refractivity contribution is -0.647. The fourth-order valence-corrected chi connectivity index (χ4v) is 5.56. The fraction of sp³-hybridized carbons (Fsp3) is 0.258. The Balaban J connectivity index is 1.70. The third kappa shape index (κ3) is 6.25. The number of anilines is 2. The van der Waals surface area contributed by atoms with Gasteiger partial charge < -0.3 is 14.4 Å². The van der Waals surface area contributed by atoms with Crippen molar-refractivity contribution in [1.82, 2.24) is 4.57 Å². The van der Waals surface area contributed by atoms with E-state index in [1.807, 2.05) is 71.7 Å². The Labute approximate surface area is 241 Å². The van der Waals surface area contributed by atoms with Crippen molar-refractivity contribution in [3.63, 3.8) is 0 Å². The number of rotatable bonds is 10. The van der Waals surface area contributed by atoms with Gasteiger partial charge in [0.25, 0.3) is 5.82 Å². The highest BCUT2D eigenvalue weighted by Gasteiger charge is 2.29. The molecule has 3 aromatic rings. The molecule has 210 valence electrons. The van der Waals surface area contributed by atoms with E-state index in [0.29, 0.717) is 24.3 Å². The van der Waals surface area contributed by atoms with Crippen molar-refractivity contribution >= 4 is 44.3 Å². The minimum absolute atomic E-state index is 0.166. The third-order valence-corrected chi connectivity index (χ3v) is 7.78. The first-order valence-electron chi connectivity index (χ1n) is 13.2. The molecule has 0 saturated heterocycles. The molecule has 2 heterocycles. The number of imidazole rings is 1. The zero-order chi connectivity index (χ0) is 29.7. The SMILES string of the molecule is [C-]#[N+]c1ccc2c(c1)n(CCCS(=O)(=O)[O-])c(/C=C/C(C)=C\C=C1/N(CC)c3ccc(C#N)cc3N1CC=C)[n+]2C. The van der Waals surface area contributed by atoms with Crippen molar-refractivity contribution in [2.75, 3.05) is 28.6 Å². The Morgan fingerprint density at radius 2 is 2.00 bits per heavy atom. The second kappa shape index (κ2) is 12.3. The Hall–Kier alpha value is -4.64. The fourth-order valence-electron chi connectivity index (χ4n) is 5.08. The Morgan fingerprint density at radius 1 is 1.22 bits per heavy atom. The van der Waals surface area contributed by atoms with Gasteiger partial charge in [0.15, 0.2) is 16.7 Å². The van der Waals surface area contributed by atoms with E-state index in [1.165, 1.54) is 0 Å². The number of hydrogen-bond donors (Lipinski definition) is 0. The second-order valence-corrected chi connectivity index (χ2v) is 11.2. The van der Waals surface area contributed by atoms with Gasteiger partial charge in [0.05, 0.1) is 53.3 Å². The summed E-state index contributed by atoms with van der Waals surface area (Å²) in [6, 6.07) is 13.3. The van der Waals surface area contributed by atoms with Crippen molar-refractivity contribution in [3.8, 4) is 6.07 Å². The van der Waals surface area contributed by atoms with E-state index in [1.54, 1.807) is 12.1 Å². The first kappa shape index (κ1) is 29.3. The van der Waals surface area contributed by atoms with Crippen LogP contribution in [0.1, 0.15) is 31.7 Å². The maximum atomic E-state index is 11.2. The molecule has 4 rings (SSSR count). The standard InChI is InChI=1S/C31H32N6O3S/c1-6-17-36-28-20-24(22-32)11-13-27(28)35(7-2)31(36)16-10-23(3)9-15-30-34(5)26-14-12-25(33-4)21-29(26)37(30)18-8-19-41(38,39)40/h6,9-16,20-21H,1,7-8,17-19H2,2-3,5H3. The van der Waals surface area contributed by atoms with E-state index < -0.39 is 15.9 Å². The summed E-state index contributed by atoms with van der Waals surface area (Å²) in [5.41, 5.74) is 5.75. The molecular formula is C31H32N6O3S. The highest BCUT2D eigenvalue weighted by atomic mass is 32.2. The smallest absolute Gasteiger partial charge is 0.282 e. The van der Waals surface area contributed by atoms with Crippen LogP contribution in [0.2, 0.25) is 0 Å². The predicted molar refractivity (Wildman–Crippen MR) is 161 cm³/mol. The van der Waals surface area contributed by atoms with Crippen LogP contribution in [0.25, 0.3) is 22.0 Å². The first-order valence-corrected chi connectivity index (χ1v) is 14.8. The van der Waals surface area contributed by atoms with E-state index in [9.17, 15) is 18.2 Å². The number of aryl methyl sites for hydroxylation is 2. The zero-order valence-electron chi connectivity index (χ0n) is 23.4. The number of fused-ring (bicyclic) bond motifs is 2. The van der Waals surface area contributed by atoms with E-state index in [-0.39, 0.29) is 6.42 Å². The number of nitrogens with zero attached hydrogens (tertiary/aromatic N) is 6. The van der Waals surface area contributed by atoms with Crippen LogP contribution < -0.4 is 14.4 Å². The van der Waals surface area contributed by atoms with Crippen LogP contribution in [0.5, 0.6) is 0 Å². The highest BCUT2D eigenvalue weighted by Crippen LogP contribution is 2.42. The van der Waals surface area contributed by atoms with E-state index >= 15 is 0 Å². The normalized spacial score (nSPS) is 14.6. The van der Waals surface area contributed by atoms with Gasteiger partial charge in [-0.2, -0.15) is 5.26 Å². The molecule has 10 heteroatoms. The molecule has 1 aliphatic rings. The quantitative estimate of drug-likeness (QED) is 0.110. The molecule has 0 unspecified atom stereocenters. The van der Waals surface area contributed by atoms with Crippen LogP contribution in [0.3, 0.4) is 0 Å². The lowest BCUT2D eigenvalue weighted by Crippen LogP contribution is -2.31. The number of allylic oxidation sites excluding steroid dienone is 4. The molecule has 2 aromatic carbocycles. The molecule has 1 aromatic heterocycles. The summed E-state index contributed by atoms with van der Waals surface area (Å²) < 4.78 is 37.6. The van der Waals surface area contributed by atoms with Crippen LogP contribution in [0.15, 0.2) is 78.7 Å². The molecule has 0 amide bonds. The molecule has 1 aliphatic heterocycles. The van der Waals surface area contributed by atoms with Crippen molar-refractivity contribution < 1.29 is 17.5 Å². The summed E-state index contributed by atoms with van der Waals surface area (Å²) in [5.74, 6) is 1.34.